The number of hydrogen-bond donors (Lipinski definition) is 1. The molecule has 1 aromatic heterocycles. The van der Waals surface area contributed by atoms with Gasteiger partial charge < -0.3 is 5.73 Å². The standard InChI is InChI=1S/C9H15N3/c1-3-4-8(10)9-11-5-7(2)6-12-9/h5-6,8H,3-4,10H2,1-2H3/t8-/m0/s1. The van der Waals surface area contributed by atoms with Gasteiger partial charge in [-0.15, -0.1) is 0 Å². The Morgan fingerprint density at radius 2 is 2.00 bits per heavy atom. The van der Waals surface area contributed by atoms with Crippen molar-refractivity contribution in [3.05, 3.63) is 23.8 Å². The zero-order chi connectivity index (χ0) is 8.97. The summed E-state index contributed by atoms with van der Waals surface area (Å²) in [6.07, 6.45) is 5.62. The van der Waals surface area contributed by atoms with Crippen LogP contribution in [0.2, 0.25) is 0 Å². The lowest BCUT2D eigenvalue weighted by Crippen LogP contribution is -2.13. The second kappa shape index (κ2) is 4.16. The topological polar surface area (TPSA) is 51.8 Å². The molecule has 1 heterocycles. The van der Waals surface area contributed by atoms with Crippen LogP contribution in [-0.2, 0) is 0 Å². The molecule has 12 heavy (non-hydrogen) atoms. The predicted molar refractivity (Wildman–Crippen MR) is 48.6 cm³/mol. The van der Waals surface area contributed by atoms with Crippen LogP contribution in [0.15, 0.2) is 12.4 Å². The number of hydrogen-bond acceptors (Lipinski definition) is 3. The van der Waals surface area contributed by atoms with Gasteiger partial charge in [0, 0.05) is 12.4 Å². The monoisotopic (exact) mass is 165 g/mol. The molecule has 0 fully saturated rings. The van der Waals surface area contributed by atoms with Crippen LogP contribution >= 0.6 is 0 Å². The van der Waals surface area contributed by atoms with E-state index in [1.807, 2.05) is 6.92 Å². The van der Waals surface area contributed by atoms with Gasteiger partial charge in [-0.25, -0.2) is 9.97 Å². The summed E-state index contributed by atoms with van der Waals surface area (Å²) in [7, 11) is 0. The molecule has 2 N–H and O–H groups in total. The lowest BCUT2D eigenvalue weighted by Gasteiger charge is -2.07. The molecule has 1 aromatic rings. The van der Waals surface area contributed by atoms with E-state index in [1.165, 1.54) is 0 Å². The Morgan fingerprint density at radius 3 is 2.50 bits per heavy atom. The minimum atomic E-state index is -0.00407. The lowest BCUT2D eigenvalue weighted by molar-refractivity contribution is 0.601. The van der Waals surface area contributed by atoms with Crippen LogP contribution < -0.4 is 5.73 Å². The van der Waals surface area contributed by atoms with Crippen LogP contribution in [-0.4, -0.2) is 9.97 Å². The van der Waals surface area contributed by atoms with Crippen LogP contribution in [0.5, 0.6) is 0 Å². The maximum Gasteiger partial charge on any atom is 0.144 e. The van der Waals surface area contributed by atoms with Crippen molar-refractivity contribution in [2.75, 3.05) is 0 Å². The van der Waals surface area contributed by atoms with Crippen molar-refractivity contribution in [3.63, 3.8) is 0 Å². The Labute approximate surface area is 73.0 Å². The summed E-state index contributed by atoms with van der Waals surface area (Å²) in [4.78, 5) is 8.32. The summed E-state index contributed by atoms with van der Waals surface area (Å²) in [6, 6.07) is -0.00407. The molecular weight excluding hydrogens is 150 g/mol. The van der Waals surface area contributed by atoms with Gasteiger partial charge in [-0.05, 0) is 18.9 Å². The zero-order valence-corrected chi connectivity index (χ0v) is 7.62. The predicted octanol–water partition coefficient (Wildman–Crippen LogP) is 1.58. The van der Waals surface area contributed by atoms with Crippen LogP contribution in [0.4, 0.5) is 0 Å². The molecule has 0 saturated carbocycles. The summed E-state index contributed by atoms with van der Waals surface area (Å²) in [6.45, 7) is 4.07. The first-order valence-corrected chi connectivity index (χ1v) is 4.28. The summed E-state index contributed by atoms with van der Waals surface area (Å²) < 4.78 is 0. The van der Waals surface area contributed by atoms with Gasteiger partial charge in [0.15, 0.2) is 0 Å². The second-order valence-electron chi connectivity index (χ2n) is 3.01. The van der Waals surface area contributed by atoms with Gasteiger partial charge in [-0.3, -0.25) is 0 Å². The third kappa shape index (κ3) is 2.27. The quantitative estimate of drug-likeness (QED) is 0.739. The van der Waals surface area contributed by atoms with Gasteiger partial charge in [-0.2, -0.15) is 0 Å². The van der Waals surface area contributed by atoms with Crippen LogP contribution in [0, 0.1) is 6.92 Å². The number of nitrogens with two attached hydrogens (primary N) is 1. The molecule has 66 valence electrons. The molecule has 3 nitrogen and oxygen atoms in total. The summed E-state index contributed by atoms with van der Waals surface area (Å²) in [5, 5.41) is 0. The molecular formula is C9H15N3. The van der Waals surface area contributed by atoms with E-state index < -0.39 is 0 Å². The summed E-state index contributed by atoms with van der Waals surface area (Å²) in [5.41, 5.74) is 6.90. The fourth-order valence-corrected chi connectivity index (χ4v) is 1.03. The second-order valence-corrected chi connectivity index (χ2v) is 3.01. The Bertz CT molecular complexity index is 230. The normalized spacial score (nSPS) is 12.9. The van der Waals surface area contributed by atoms with E-state index in [0.29, 0.717) is 0 Å². The highest BCUT2D eigenvalue weighted by Gasteiger charge is 2.06. The van der Waals surface area contributed by atoms with E-state index in [-0.39, 0.29) is 6.04 Å². The van der Waals surface area contributed by atoms with E-state index in [2.05, 4.69) is 16.9 Å². The molecule has 0 amide bonds. The van der Waals surface area contributed by atoms with Crippen molar-refractivity contribution < 1.29 is 0 Å². The maximum atomic E-state index is 5.83. The van der Waals surface area contributed by atoms with Crippen molar-refractivity contribution in [1.29, 1.82) is 0 Å². The van der Waals surface area contributed by atoms with Crippen LogP contribution in [0.25, 0.3) is 0 Å². The molecule has 0 bridgehead atoms. The van der Waals surface area contributed by atoms with E-state index >= 15 is 0 Å². The first kappa shape index (κ1) is 9.13. The minimum Gasteiger partial charge on any atom is -0.321 e. The third-order valence-electron chi connectivity index (χ3n) is 1.73. The Morgan fingerprint density at radius 1 is 1.42 bits per heavy atom. The Balaban J connectivity index is 2.68. The molecule has 0 unspecified atom stereocenters. The highest BCUT2D eigenvalue weighted by atomic mass is 14.9. The van der Waals surface area contributed by atoms with E-state index in [1.54, 1.807) is 12.4 Å². The van der Waals surface area contributed by atoms with E-state index in [4.69, 9.17) is 5.73 Å². The maximum absolute atomic E-state index is 5.83. The number of aryl methyl sites for hydroxylation is 1. The average molecular weight is 165 g/mol. The van der Waals surface area contributed by atoms with Crippen molar-refractivity contribution in [3.8, 4) is 0 Å². The van der Waals surface area contributed by atoms with Crippen molar-refractivity contribution in [2.24, 2.45) is 5.73 Å². The van der Waals surface area contributed by atoms with Gasteiger partial charge >= 0.3 is 0 Å². The molecule has 3 heteroatoms. The van der Waals surface area contributed by atoms with Gasteiger partial charge in [-0.1, -0.05) is 13.3 Å². The van der Waals surface area contributed by atoms with Crippen LogP contribution in [0.1, 0.15) is 37.2 Å². The molecule has 0 spiro atoms. The van der Waals surface area contributed by atoms with Gasteiger partial charge in [0.2, 0.25) is 0 Å². The fraction of sp³-hybridized carbons (Fsp3) is 0.556. The van der Waals surface area contributed by atoms with Crippen molar-refractivity contribution in [2.45, 2.75) is 32.7 Å². The first-order chi connectivity index (χ1) is 5.74. The molecule has 0 aliphatic rings. The lowest BCUT2D eigenvalue weighted by atomic mass is 10.2. The minimum absolute atomic E-state index is 0.00407. The molecule has 0 saturated heterocycles. The largest absolute Gasteiger partial charge is 0.321 e. The SMILES string of the molecule is CCC[C@H](N)c1ncc(C)cn1. The molecule has 0 radical (unpaired) electrons. The zero-order valence-electron chi connectivity index (χ0n) is 7.62. The van der Waals surface area contributed by atoms with Crippen LogP contribution in [0.3, 0.4) is 0 Å². The average Bonchev–Trinajstić information content (AvgIpc) is 2.06. The van der Waals surface area contributed by atoms with Crippen molar-refractivity contribution >= 4 is 0 Å². The Hall–Kier alpha value is -0.960. The molecule has 0 aliphatic carbocycles. The molecule has 0 aromatic carbocycles. The summed E-state index contributed by atoms with van der Waals surface area (Å²) >= 11 is 0. The molecule has 1 rings (SSSR count). The third-order valence-corrected chi connectivity index (χ3v) is 1.73. The molecule has 0 aliphatic heterocycles. The van der Waals surface area contributed by atoms with Gasteiger partial charge in [0.05, 0.1) is 6.04 Å². The van der Waals surface area contributed by atoms with Gasteiger partial charge in [0.25, 0.3) is 0 Å². The fourth-order valence-electron chi connectivity index (χ4n) is 1.03. The van der Waals surface area contributed by atoms with E-state index in [0.717, 1.165) is 24.2 Å². The number of rotatable bonds is 3. The van der Waals surface area contributed by atoms with Gasteiger partial charge in [0.1, 0.15) is 5.82 Å². The number of nitrogens with zero attached hydrogens (tertiary/aromatic N) is 2. The Kier molecular flexibility index (Phi) is 3.17. The van der Waals surface area contributed by atoms with Crippen molar-refractivity contribution in [1.82, 2.24) is 9.97 Å². The summed E-state index contributed by atoms with van der Waals surface area (Å²) in [5.74, 6) is 0.752. The highest BCUT2D eigenvalue weighted by molar-refractivity contribution is 5.03. The number of aromatic nitrogens is 2. The first-order valence-electron chi connectivity index (χ1n) is 4.28. The van der Waals surface area contributed by atoms with E-state index in [9.17, 15) is 0 Å². The smallest absolute Gasteiger partial charge is 0.144 e. The molecule has 1 atom stereocenters. The highest BCUT2D eigenvalue weighted by Crippen LogP contribution is 2.09.